The number of aromatic nitrogens is 1. The van der Waals surface area contributed by atoms with E-state index < -0.39 is 0 Å². The third kappa shape index (κ3) is 3.83. The fourth-order valence-electron chi connectivity index (χ4n) is 6.11. The van der Waals surface area contributed by atoms with Gasteiger partial charge in [-0.15, -0.1) is 0 Å². The van der Waals surface area contributed by atoms with Crippen molar-refractivity contribution in [3.63, 3.8) is 0 Å². The normalized spacial score (nSPS) is 12.3. The van der Waals surface area contributed by atoms with E-state index >= 15 is 0 Å². The maximum Gasteiger partial charge on any atom is 0.216 e. The summed E-state index contributed by atoms with van der Waals surface area (Å²) >= 11 is 0. The van der Waals surface area contributed by atoms with Crippen LogP contribution in [0.3, 0.4) is 0 Å². The second-order valence-electron chi connectivity index (χ2n) is 12.0. The molecule has 7 aromatic rings. The molecule has 0 spiro atoms. The number of furan rings is 1. The van der Waals surface area contributed by atoms with Crippen molar-refractivity contribution in [1.29, 1.82) is 5.26 Å². The SMILES string of the molecule is [2H]c1c(-c2c(C#N)ccc3c2oc2c(-c4cc(C(C)(C)C)cc[n+]4C)c(C)ccc23)c2ccccc2c2ccccc12. The van der Waals surface area contributed by atoms with Gasteiger partial charge in [0.25, 0.3) is 0 Å². The van der Waals surface area contributed by atoms with Crippen LogP contribution in [0.5, 0.6) is 0 Å². The predicted molar refractivity (Wildman–Crippen MR) is 169 cm³/mol. The van der Waals surface area contributed by atoms with Crippen molar-refractivity contribution < 1.29 is 10.4 Å². The fraction of sp³-hybridized carbons (Fsp3) is 0.158. The van der Waals surface area contributed by atoms with E-state index in [2.05, 4.69) is 88.0 Å². The van der Waals surface area contributed by atoms with E-state index in [1.807, 2.05) is 48.5 Å². The molecule has 3 heteroatoms. The van der Waals surface area contributed by atoms with Crippen LogP contribution in [0.2, 0.25) is 0 Å². The highest BCUT2D eigenvalue weighted by Crippen LogP contribution is 2.44. The van der Waals surface area contributed by atoms with Crippen molar-refractivity contribution in [2.75, 3.05) is 0 Å². The summed E-state index contributed by atoms with van der Waals surface area (Å²) in [5.74, 6) is 0. The van der Waals surface area contributed by atoms with Crippen LogP contribution in [0.1, 0.15) is 38.8 Å². The molecule has 0 aliphatic rings. The summed E-state index contributed by atoms with van der Waals surface area (Å²) in [6.07, 6.45) is 2.11. The maximum atomic E-state index is 10.4. The molecule has 0 aliphatic heterocycles. The van der Waals surface area contributed by atoms with Gasteiger partial charge in [-0.3, -0.25) is 0 Å². The van der Waals surface area contributed by atoms with E-state index in [9.17, 15) is 6.63 Å². The molecule has 5 aromatic carbocycles. The van der Waals surface area contributed by atoms with Crippen LogP contribution < -0.4 is 4.57 Å². The number of fused-ring (bicyclic) bond motifs is 6. The first-order valence-corrected chi connectivity index (χ1v) is 14.0. The van der Waals surface area contributed by atoms with E-state index in [1.165, 1.54) is 5.56 Å². The number of benzene rings is 5. The number of rotatable bonds is 2. The first-order chi connectivity index (χ1) is 20.2. The molecule has 3 nitrogen and oxygen atoms in total. The zero-order valence-corrected chi connectivity index (χ0v) is 24.0. The Hall–Kier alpha value is -4.94. The summed E-state index contributed by atoms with van der Waals surface area (Å²) in [7, 11) is 2.06. The molecule has 0 radical (unpaired) electrons. The lowest BCUT2D eigenvalue weighted by atomic mass is 9.86. The number of hydrogen-bond acceptors (Lipinski definition) is 2. The van der Waals surface area contributed by atoms with Crippen LogP contribution >= 0.6 is 0 Å². The molecule has 2 aromatic heterocycles. The molecule has 0 unspecified atom stereocenters. The molecule has 0 fully saturated rings. The Balaban J connectivity index is 1.64. The fourth-order valence-corrected chi connectivity index (χ4v) is 6.11. The average Bonchev–Trinajstić information content (AvgIpc) is 3.36. The molecular formula is C38H31N2O+. The highest BCUT2D eigenvalue weighted by Gasteiger charge is 2.26. The molecule has 0 atom stereocenters. The molecule has 41 heavy (non-hydrogen) atoms. The maximum absolute atomic E-state index is 10.4. The van der Waals surface area contributed by atoms with Gasteiger partial charge in [-0.1, -0.05) is 81.4 Å². The lowest BCUT2D eigenvalue weighted by Crippen LogP contribution is -2.32. The Bertz CT molecular complexity index is 2280. The predicted octanol–water partition coefficient (Wildman–Crippen LogP) is 9.53. The van der Waals surface area contributed by atoms with Crippen LogP contribution in [-0.4, -0.2) is 0 Å². The van der Waals surface area contributed by atoms with Gasteiger partial charge in [0.2, 0.25) is 5.69 Å². The summed E-state index contributed by atoms with van der Waals surface area (Å²) in [4.78, 5) is 0. The average molecular weight is 533 g/mol. The van der Waals surface area contributed by atoms with Gasteiger partial charge < -0.3 is 4.42 Å². The summed E-state index contributed by atoms with van der Waals surface area (Å²) in [5.41, 5.74) is 7.79. The third-order valence-corrected chi connectivity index (χ3v) is 8.33. The molecule has 7 rings (SSSR count). The van der Waals surface area contributed by atoms with Crippen LogP contribution in [0, 0.1) is 18.3 Å². The second-order valence-corrected chi connectivity index (χ2v) is 12.0. The zero-order chi connectivity index (χ0) is 29.3. The van der Waals surface area contributed by atoms with Gasteiger partial charge in [0.15, 0.2) is 6.20 Å². The Kier molecular flexibility index (Phi) is 5.27. The lowest BCUT2D eigenvalue weighted by Gasteiger charge is -2.19. The number of hydrogen-bond donors (Lipinski definition) is 0. The minimum atomic E-state index is -0.00474. The van der Waals surface area contributed by atoms with Gasteiger partial charge in [0.1, 0.15) is 18.2 Å². The standard InChI is InChI=1S/C38H31N2O/c1-23-14-16-30-31-17-15-25(22-39)35(32-20-24-10-6-7-11-27(24)28-12-8-9-13-29(28)32)37(31)41-36(30)34(23)33-21-26(38(2,3)4)18-19-40(33)5/h6-21H,1-5H3/q+1/i20D. The molecule has 0 aliphatic carbocycles. The van der Waals surface area contributed by atoms with Gasteiger partial charge in [-0.25, -0.2) is 4.57 Å². The van der Waals surface area contributed by atoms with Crippen LogP contribution in [0.4, 0.5) is 0 Å². The minimum absolute atomic E-state index is 0.00474. The number of pyridine rings is 1. The monoisotopic (exact) mass is 532 g/mol. The summed E-state index contributed by atoms with van der Waals surface area (Å²) < 4.78 is 18.4. The van der Waals surface area contributed by atoms with Crippen molar-refractivity contribution in [1.82, 2.24) is 0 Å². The molecule has 0 bridgehead atoms. The smallest absolute Gasteiger partial charge is 0.216 e. The van der Waals surface area contributed by atoms with E-state index in [0.717, 1.165) is 60.3 Å². The summed E-state index contributed by atoms with van der Waals surface area (Å²) in [6, 6.07) is 31.5. The Morgan fingerprint density at radius 1 is 0.780 bits per heavy atom. The van der Waals surface area contributed by atoms with Crippen molar-refractivity contribution >= 4 is 43.5 Å². The quantitative estimate of drug-likeness (QED) is 0.164. The third-order valence-electron chi connectivity index (χ3n) is 8.33. The van der Waals surface area contributed by atoms with Gasteiger partial charge in [-0.05, 0) is 68.7 Å². The Morgan fingerprint density at radius 2 is 1.44 bits per heavy atom. The van der Waals surface area contributed by atoms with E-state index in [4.69, 9.17) is 4.42 Å². The molecule has 198 valence electrons. The summed E-state index contributed by atoms with van der Waals surface area (Å²) in [6.45, 7) is 8.79. The number of nitrogens with zero attached hydrogens (tertiary/aromatic N) is 2. The highest BCUT2D eigenvalue weighted by molar-refractivity contribution is 6.19. The summed E-state index contributed by atoms with van der Waals surface area (Å²) in [5, 5.41) is 16.2. The van der Waals surface area contributed by atoms with Crippen LogP contribution in [-0.2, 0) is 12.5 Å². The van der Waals surface area contributed by atoms with Crippen molar-refractivity contribution in [2.45, 2.75) is 33.1 Å². The topological polar surface area (TPSA) is 40.8 Å². The Labute approximate surface area is 241 Å². The lowest BCUT2D eigenvalue weighted by molar-refractivity contribution is -0.660. The van der Waals surface area contributed by atoms with Crippen molar-refractivity contribution in [2.24, 2.45) is 7.05 Å². The number of aryl methyl sites for hydroxylation is 2. The highest BCUT2D eigenvalue weighted by atomic mass is 16.3. The van der Waals surface area contributed by atoms with E-state index in [1.54, 1.807) is 0 Å². The molecular weight excluding hydrogens is 500 g/mol. The second kappa shape index (κ2) is 9.04. The zero-order valence-electron chi connectivity index (χ0n) is 25.0. The minimum Gasteiger partial charge on any atom is -0.454 e. The first-order valence-electron chi connectivity index (χ1n) is 14.5. The molecule has 0 saturated heterocycles. The van der Waals surface area contributed by atoms with Gasteiger partial charge in [-0.2, -0.15) is 5.26 Å². The van der Waals surface area contributed by atoms with Crippen LogP contribution in [0.15, 0.2) is 102 Å². The largest absolute Gasteiger partial charge is 0.454 e. The number of nitriles is 1. The van der Waals surface area contributed by atoms with E-state index in [-0.39, 0.29) is 5.41 Å². The molecule has 2 heterocycles. The van der Waals surface area contributed by atoms with Crippen molar-refractivity contribution in [3.8, 4) is 28.5 Å². The van der Waals surface area contributed by atoms with Gasteiger partial charge in [0, 0.05) is 28.5 Å². The molecule has 0 amide bonds. The first kappa shape index (κ1) is 23.9. The van der Waals surface area contributed by atoms with Gasteiger partial charge in [0.05, 0.1) is 18.6 Å². The molecule has 0 N–H and O–H groups in total. The van der Waals surface area contributed by atoms with E-state index in [0.29, 0.717) is 22.8 Å². The molecule has 0 saturated carbocycles. The van der Waals surface area contributed by atoms with Gasteiger partial charge >= 0.3 is 0 Å². The van der Waals surface area contributed by atoms with Crippen molar-refractivity contribution in [3.05, 3.63) is 114 Å². The Morgan fingerprint density at radius 3 is 2.17 bits per heavy atom. The van der Waals surface area contributed by atoms with Crippen LogP contribution in [0.25, 0.3) is 65.9 Å².